The highest BCUT2D eigenvalue weighted by atomic mass is 32.2. The van der Waals surface area contributed by atoms with Gasteiger partial charge in [-0.3, -0.25) is 9.69 Å². The maximum atomic E-state index is 13.2. The van der Waals surface area contributed by atoms with Gasteiger partial charge in [0.1, 0.15) is 11.6 Å². The van der Waals surface area contributed by atoms with E-state index in [1.54, 1.807) is 24.3 Å². The van der Waals surface area contributed by atoms with Gasteiger partial charge in [-0.15, -0.1) is 11.8 Å². The van der Waals surface area contributed by atoms with Gasteiger partial charge in [0.25, 0.3) is 0 Å². The second-order valence-corrected chi connectivity index (χ2v) is 6.77. The summed E-state index contributed by atoms with van der Waals surface area (Å²) >= 11 is 1.51. The van der Waals surface area contributed by atoms with Crippen molar-refractivity contribution in [3.8, 4) is 0 Å². The lowest BCUT2D eigenvalue weighted by Gasteiger charge is -2.19. The van der Waals surface area contributed by atoms with Crippen LogP contribution in [-0.4, -0.2) is 35.7 Å². The molecule has 130 valence electrons. The molecule has 0 spiro atoms. The number of hydrogen-bond donors (Lipinski definition) is 1. The van der Waals surface area contributed by atoms with Crippen molar-refractivity contribution in [3.05, 3.63) is 71.3 Å². The number of halogens is 2. The number of nitrogens with one attached hydrogen (secondary N) is 1. The second-order valence-electron chi connectivity index (χ2n) is 5.56. The Morgan fingerprint density at radius 3 is 1.92 bits per heavy atom. The Morgan fingerprint density at radius 2 is 1.48 bits per heavy atom. The number of rotatable bonds is 6. The summed E-state index contributed by atoms with van der Waals surface area (Å²) in [5, 5.41) is 2.33. The zero-order valence-electron chi connectivity index (χ0n) is 13.2. The molecule has 4 nitrogen and oxygen atoms in total. The minimum atomic E-state index is -0.384. The fourth-order valence-electron chi connectivity index (χ4n) is 2.60. The van der Waals surface area contributed by atoms with Crippen LogP contribution in [0, 0.1) is 11.6 Å². The molecule has 1 heterocycles. The van der Waals surface area contributed by atoms with Gasteiger partial charge in [0.2, 0.25) is 5.91 Å². The van der Waals surface area contributed by atoms with Gasteiger partial charge in [-0.05, 0) is 35.4 Å². The molecule has 0 atom stereocenters. The molecular weight excluding hydrogens is 346 g/mol. The van der Waals surface area contributed by atoms with Crippen molar-refractivity contribution in [2.75, 3.05) is 18.8 Å². The zero-order valence-corrected chi connectivity index (χ0v) is 14.1. The van der Waals surface area contributed by atoms with Gasteiger partial charge in [0.15, 0.2) is 0 Å². The lowest BCUT2D eigenvalue weighted by molar-refractivity contribution is -0.124. The number of benzene rings is 2. The summed E-state index contributed by atoms with van der Waals surface area (Å²) in [5.41, 5.74) is 1.74. The van der Waals surface area contributed by atoms with Gasteiger partial charge in [0.05, 0.1) is 11.8 Å². The van der Waals surface area contributed by atoms with E-state index in [1.807, 2.05) is 0 Å². The first-order chi connectivity index (χ1) is 12.0. The highest BCUT2D eigenvalue weighted by Gasteiger charge is 2.28. The van der Waals surface area contributed by atoms with E-state index in [2.05, 4.69) is 5.32 Å². The standard InChI is InChI=1S/C18H16F2N2O2S/c19-14-5-1-12(2-6-14)17(13-3-7-15(20)8-4-13)25-10-9-22-16(23)11-21-18(22)24/h1-8,17H,9-11H2,(H,21,24). The van der Waals surface area contributed by atoms with Crippen LogP contribution < -0.4 is 5.32 Å². The molecule has 1 fully saturated rings. The molecule has 0 aliphatic carbocycles. The Hall–Kier alpha value is -2.41. The molecule has 0 bridgehead atoms. The number of amides is 3. The van der Waals surface area contributed by atoms with Crippen LogP contribution in [0.5, 0.6) is 0 Å². The molecule has 1 saturated heterocycles. The number of hydrogen-bond acceptors (Lipinski definition) is 3. The van der Waals surface area contributed by atoms with E-state index < -0.39 is 0 Å². The highest BCUT2D eigenvalue weighted by Crippen LogP contribution is 2.35. The van der Waals surface area contributed by atoms with Gasteiger partial charge in [0, 0.05) is 12.3 Å². The third kappa shape index (κ3) is 4.17. The zero-order chi connectivity index (χ0) is 17.8. The molecule has 0 radical (unpaired) electrons. The van der Waals surface area contributed by atoms with Crippen LogP contribution in [0.25, 0.3) is 0 Å². The summed E-state index contributed by atoms with van der Waals surface area (Å²) in [7, 11) is 0. The third-order valence-corrected chi connectivity index (χ3v) is 5.18. The summed E-state index contributed by atoms with van der Waals surface area (Å²) in [6.45, 7) is 0.317. The van der Waals surface area contributed by atoms with E-state index in [0.29, 0.717) is 5.75 Å². The van der Waals surface area contributed by atoms with Gasteiger partial charge < -0.3 is 5.32 Å². The average Bonchev–Trinajstić information content (AvgIpc) is 2.92. The van der Waals surface area contributed by atoms with Crippen molar-refractivity contribution in [2.45, 2.75) is 5.25 Å². The fraction of sp³-hybridized carbons (Fsp3) is 0.222. The topological polar surface area (TPSA) is 49.4 Å². The van der Waals surface area contributed by atoms with E-state index in [1.165, 1.54) is 40.9 Å². The maximum absolute atomic E-state index is 13.2. The largest absolute Gasteiger partial charge is 0.329 e. The second kappa shape index (κ2) is 7.65. The number of carbonyl (C=O) groups excluding carboxylic acids is 2. The summed E-state index contributed by atoms with van der Waals surface area (Å²) < 4.78 is 26.4. The van der Waals surface area contributed by atoms with Crippen LogP contribution >= 0.6 is 11.8 Å². The molecule has 0 aromatic heterocycles. The Kier molecular flexibility index (Phi) is 5.33. The number of nitrogens with zero attached hydrogens (tertiary/aromatic N) is 1. The normalized spacial score (nSPS) is 14.3. The predicted molar refractivity (Wildman–Crippen MR) is 92.2 cm³/mol. The maximum Gasteiger partial charge on any atom is 0.324 e. The predicted octanol–water partition coefficient (Wildman–Crippen LogP) is 3.34. The lowest BCUT2D eigenvalue weighted by atomic mass is 10.0. The number of thioether (sulfide) groups is 1. The van der Waals surface area contributed by atoms with Crippen LogP contribution in [0.3, 0.4) is 0 Å². The van der Waals surface area contributed by atoms with Crippen LogP contribution in [-0.2, 0) is 4.79 Å². The molecule has 0 unspecified atom stereocenters. The van der Waals surface area contributed by atoms with E-state index >= 15 is 0 Å². The van der Waals surface area contributed by atoms with Crippen LogP contribution in [0.1, 0.15) is 16.4 Å². The molecule has 1 N–H and O–H groups in total. The molecule has 7 heteroatoms. The van der Waals surface area contributed by atoms with E-state index in [4.69, 9.17) is 0 Å². The molecule has 1 aliphatic heterocycles. The first-order valence-electron chi connectivity index (χ1n) is 7.75. The molecule has 3 amide bonds. The molecule has 2 aromatic carbocycles. The lowest BCUT2D eigenvalue weighted by Crippen LogP contribution is -2.33. The average molecular weight is 362 g/mol. The summed E-state index contributed by atoms with van der Waals surface area (Å²) in [6.07, 6.45) is 0. The minimum absolute atomic E-state index is 0.0306. The Labute approximate surface area is 148 Å². The van der Waals surface area contributed by atoms with E-state index in [0.717, 1.165) is 11.1 Å². The monoisotopic (exact) mass is 362 g/mol. The molecule has 0 saturated carbocycles. The van der Waals surface area contributed by atoms with Crippen LogP contribution in [0.15, 0.2) is 48.5 Å². The number of carbonyl (C=O) groups is 2. The molecular formula is C18H16F2N2O2S. The van der Waals surface area contributed by atoms with Gasteiger partial charge in [-0.1, -0.05) is 24.3 Å². The first kappa shape index (κ1) is 17.4. The van der Waals surface area contributed by atoms with Gasteiger partial charge in [-0.2, -0.15) is 0 Å². The third-order valence-electron chi connectivity index (χ3n) is 3.88. The fourth-order valence-corrected chi connectivity index (χ4v) is 3.83. The van der Waals surface area contributed by atoms with E-state index in [9.17, 15) is 18.4 Å². The van der Waals surface area contributed by atoms with Crippen molar-refractivity contribution < 1.29 is 18.4 Å². The van der Waals surface area contributed by atoms with Gasteiger partial charge in [-0.25, -0.2) is 13.6 Å². The molecule has 3 rings (SSSR count). The van der Waals surface area contributed by atoms with Crippen molar-refractivity contribution in [1.82, 2.24) is 10.2 Å². The molecule has 25 heavy (non-hydrogen) atoms. The number of imide groups is 1. The highest BCUT2D eigenvalue weighted by molar-refractivity contribution is 7.99. The van der Waals surface area contributed by atoms with Crippen LogP contribution in [0.4, 0.5) is 13.6 Å². The molecule has 1 aliphatic rings. The Morgan fingerprint density at radius 1 is 0.960 bits per heavy atom. The van der Waals surface area contributed by atoms with Crippen molar-refractivity contribution >= 4 is 23.7 Å². The first-order valence-corrected chi connectivity index (χ1v) is 8.80. The van der Waals surface area contributed by atoms with Crippen LogP contribution in [0.2, 0.25) is 0 Å². The van der Waals surface area contributed by atoms with Crippen molar-refractivity contribution in [3.63, 3.8) is 0 Å². The van der Waals surface area contributed by atoms with Crippen molar-refractivity contribution in [2.24, 2.45) is 0 Å². The van der Waals surface area contributed by atoms with E-state index in [-0.39, 0.29) is 41.9 Å². The minimum Gasteiger partial charge on any atom is -0.329 e. The quantitative estimate of drug-likeness (QED) is 0.802. The van der Waals surface area contributed by atoms with Crippen molar-refractivity contribution in [1.29, 1.82) is 0 Å². The smallest absolute Gasteiger partial charge is 0.324 e. The van der Waals surface area contributed by atoms with Gasteiger partial charge >= 0.3 is 6.03 Å². The Balaban J connectivity index is 1.74. The molecule has 2 aromatic rings. The SMILES string of the molecule is O=C1CNC(=O)N1CCSC(c1ccc(F)cc1)c1ccc(F)cc1. The Bertz CT molecular complexity index is 704. The number of urea groups is 1. The summed E-state index contributed by atoms with van der Waals surface area (Å²) in [5.74, 6) is -0.388. The summed E-state index contributed by atoms with van der Waals surface area (Å²) in [4.78, 5) is 24.4. The summed E-state index contributed by atoms with van der Waals surface area (Å²) in [6, 6.07) is 11.9.